The fraction of sp³-hybridized carbons (Fsp3) is 0.475. The van der Waals surface area contributed by atoms with Crippen LogP contribution in [0.4, 0.5) is 15.0 Å². The van der Waals surface area contributed by atoms with E-state index in [0.29, 0.717) is 42.0 Å². The molecule has 19 nitrogen and oxygen atoms in total. The van der Waals surface area contributed by atoms with E-state index in [0.717, 1.165) is 83.1 Å². The van der Waals surface area contributed by atoms with Crippen LogP contribution in [-0.4, -0.2) is 138 Å². The lowest BCUT2D eigenvalue weighted by molar-refractivity contribution is -0.141. The average Bonchev–Trinajstić information content (AvgIpc) is 4.53. The van der Waals surface area contributed by atoms with Crippen LogP contribution in [0.5, 0.6) is 11.8 Å². The fourth-order valence-electron chi connectivity index (χ4n) is 13.5. The Morgan fingerprint density at radius 3 is 2.56 bits per heavy atom. The van der Waals surface area contributed by atoms with Gasteiger partial charge >= 0.3 is 12.1 Å². The maximum atomic E-state index is 17.3. The van der Waals surface area contributed by atoms with Crippen LogP contribution in [0.25, 0.3) is 43.4 Å². The Hall–Kier alpha value is -7.33. The Morgan fingerprint density at radius 1 is 1.00 bits per heavy atom. The van der Waals surface area contributed by atoms with E-state index in [4.69, 9.17) is 28.9 Å². The van der Waals surface area contributed by atoms with Crippen molar-refractivity contribution in [2.45, 2.75) is 140 Å². The van der Waals surface area contributed by atoms with Crippen molar-refractivity contribution in [3.63, 3.8) is 0 Å². The molecule has 430 valence electrons. The van der Waals surface area contributed by atoms with Crippen LogP contribution < -0.4 is 25.6 Å². The summed E-state index contributed by atoms with van der Waals surface area (Å²) in [6.45, 7) is 12.2. The zero-order valence-corrected chi connectivity index (χ0v) is 47.7. The molecule has 21 heteroatoms. The number of carbonyl (C=O) groups is 3. The van der Waals surface area contributed by atoms with E-state index in [1.54, 1.807) is 35.7 Å². The molecule has 5 fully saturated rings. The molecule has 5 N–H and O–H groups in total. The molecule has 3 amide bonds. The number of nitrogens with zero attached hydrogens (tertiary/aromatic N) is 8. The molecule has 2 bridgehead atoms. The second-order valence-corrected chi connectivity index (χ2v) is 24.2. The van der Waals surface area contributed by atoms with E-state index in [1.807, 2.05) is 82.6 Å². The number of aryl methyl sites for hydroxylation is 2. The third kappa shape index (κ3) is 10.7. The number of rotatable bonds is 17. The Morgan fingerprint density at radius 2 is 1.80 bits per heavy atom. The molecule has 12 rings (SSSR count). The number of aliphatic hydroxyl groups is 1. The quantitative estimate of drug-likeness (QED) is 0.0575. The van der Waals surface area contributed by atoms with Gasteiger partial charge in [-0.2, -0.15) is 9.97 Å². The topological polar surface area (TPSA) is 234 Å². The molecule has 3 aromatic carbocycles. The first-order chi connectivity index (χ1) is 39.6. The summed E-state index contributed by atoms with van der Waals surface area (Å²) in [5.41, 5.74) is 6.44. The number of alkyl carbamates (subject to hydrolysis) is 1. The van der Waals surface area contributed by atoms with Gasteiger partial charge in [-0.05, 0) is 111 Å². The van der Waals surface area contributed by atoms with Gasteiger partial charge in [-0.3, -0.25) is 19.5 Å². The van der Waals surface area contributed by atoms with E-state index in [-0.39, 0.29) is 109 Å². The van der Waals surface area contributed by atoms with Crippen LogP contribution in [0.3, 0.4) is 0 Å². The Kier molecular flexibility index (Phi) is 15.3. The largest absolute Gasteiger partial charge is 0.508 e. The molecular formula is C61H70FN11O8S. The van der Waals surface area contributed by atoms with Crippen molar-refractivity contribution in [2.24, 2.45) is 5.92 Å². The normalized spacial score (nSPS) is 23.2. The molecule has 0 aliphatic carbocycles. The fourth-order valence-corrected chi connectivity index (χ4v) is 14.3. The Bertz CT molecular complexity index is 3530. The summed E-state index contributed by atoms with van der Waals surface area (Å²) in [5.74, 6) is -1.51. The molecular weight excluding hydrogens is 1070 g/mol. The molecule has 4 aromatic heterocycles. The van der Waals surface area contributed by atoms with Gasteiger partial charge in [0, 0.05) is 62.0 Å². The van der Waals surface area contributed by atoms with Gasteiger partial charge in [0.05, 0.1) is 45.7 Å². The van der Waals surface area contributed by atoms with Crippen LogP contribution >= 0.6 is 11.3 Å². The molecule has 0 radical (unpaired) electrons. The summed E-state index contributed by atoms with van der Waals surface area (Å²) < 4.78 is 35.5. The van der Waals surface area contributed by atoms with Crippen LogP contribution in [-0.2, 0) is 27.3 Å². The van der Waals surface area contributed by atoms with E-state index in [9.17, 15) is 24.6 Å². The number of aromatic nitrogens is 5. The highest BCUT2D eigenvalue weighted by molar-refractivity contribution is 7.13. The number of piperazine rings is 1. The number of fused-ring (bicyclic) bond motifs is 5. The summed E-state index contributed by atoms with van der Waals surface area (Å²) in [6.07, 6.45) is 6.38. The minimum absolute atomic E-state index is 0.00276. The number of phenolic OH excluding ortho intramolecular Hbond substituents is 1. The van der Waals surface area contributed by atoms with E-state index >= 15 is 4.39 Å². The van der Waals surface area contributed by atoms with Crippen molar-refractivity contribution in [3.05, 3.63) is 106 Å². The number of carbonyl (C=O) groups excluding carboxylic acids is 3. The highest BCUT2D eigenvalue weighted by Gasteiger charge is 2.50. The lowest BCUT2D eigenvalue weighted by Crippen LogP contribution is -2.51. The SMILES string of the molecule is CCc1cccc2cc(O)cc(-c3ncc4c(N5CC6CCC(C5)N6)nc(OC[C@@]56CCCN5[C@H](COC(=O)NCc5cc([C@@H](C(=O)N7C[C@H](O)C[C@H]7C(=O)N[C@@H](C)c7ccc(-c8scnc8C)cc7)C(C)C)on5)CC6)nc4c3F)c12. The molecule has 2 unspecified atom stereocenters. The summed E-state index contributed by atoms with van der Waals surface area (Å²) in [4.78, 5) is 67.4. The van der Waals surface area contributed by atoms with Gasteiger partial charge in [0.25, 0.3) is 0 Å². The molecule has 0 spiro atoms. The number of β-amino-alcohol motifs (C(OH)–C–C–N with tert-alkyl or cyclic N) is 1. The van der Waals surface area contributed by atoms with Crippen LogP contribution in [0.2, 0.25) is 0 Å². The summed E-state index contributed by atoms with van der Waals surface area (Å²) >= 11 is 1.57. The molecule has 7 aromatic rings. The Balaban J connectivity index is 0.682. The van der Waals surface area contributed by atoms with Crippen molar-refractivity contribution < 1.29 is 43.0 Å². The van der Waals surface area contributed by atoms with Gasteiger partial charge in [0.1, 0.15) is 59.4 Å². The number of anilines is 1. The van der Waals surface area contributed by atoms with Gasteiger partial charge in [0.15, 0.2) is 5.82 Å². The molecule has 9 heterocycles. The lowest BCUT2D eigenvalue weighted by atomic mass is 9.91. The third-order valence-electron chi connectivity index (χ3n) is 17.6. The number of halogens is 1. The van der Waals surface area contributed by atoms with Crippen molar-refractivity contribution in [1.29, 1.82) is 0 Å². The summed E-state index contributed by atoms with van der Waals surface area (Å²) in [6, 6.07) is 18.0. The van der Waals surface area contributed by atoms with E-state index in [2.05, 4.69) is 35.9 Å². The number of phenols is 1. The molecule has 82 heavy (non-hydrogen) atoms. The van der Waals surface area contributed by atoms with Crippen LogP contribution in [0.1, 0.15) is 113 Å². The molecule has 5 saturated heterocycles. The first kappa shape index (κ1) is 55.2. The number of nitrogens with one attached hydrogen (secondary N) is 3. The molecule has 5 aliphatic heterocycles. The minimum atomic E-state index is -0.890. The number of amides is 3. The zero-order valence-electron chi connectivity index (χ0n) is 46.9. The average molecular weight is 1140 g/mol. The maximum absolute atomic E-state index is 17.3. The number of pyridine rings is 1. The smallest absolute Gasteiger partial charge is 0.407 e. The predicted octanol–water partition coefficient (Wildman–Crippen LogP) is 8.49. The molecule has 5 aliphatic rings. The van der Waals surface area contributed by atoms with Gasteiger partial charge in [0.2, 0.25) is 11.8 Å². The monoisotopic (exact) mass is 1140 g/mol. The van der Waals surface area contributed by atoms with Gasteiger partial charge in [-0.1, -0.05) is 68.4 Å². The summed E-state index contributed by atoms with van der Waals surface area (Å²) in [7, 11) is 0. The first-order valence-corrected chi connectivity index (χ1v) is 29.7. The number of ether oxygens (including phenoxy) is 2. The van der Waals surface area contributed by atoms with Crippen molar-refractivity contribution in [2.75, 3.05) is 44.3 Å². The van der Waals surface area contributed by atoms with Crippen LogP contribution in [0, 0.1) is 18.7 Å². The van der Waals surface area contributed by atoms with E-state index in [1.165, 1.54) is 4.90 Å². The minimum Gasteiger partial charge on any atom is -0.508 e. The number of hydrogen-bond donors (Lipinski definition) is 5. The number of likely N-dealkylation sites (tertiary alicyclic amines) is 1. The maximum Gasteiger partial charge on any atom is 0.407 e. The highest BCUT2D eigenvalue weighted by Crippen LogP contribution is 2.44. The van der Waals surface area contributed by atoms with Crippen LogP contribution in [0.15, 0.2) is 76.9 Å². The van der Waals surface area contributed by atoms with Crippen molar-refractivity contribution in [1.82, 2.24) is 50.8 Å². The standard InChI is InChI=1S/C61H70FN11O8S/c1-6-36-9-7-10-39-21-44(74)23-46(51(36)39)53-52(62)54-47(26-63-53)56(71-27-40-15-16-41(28-71)67-40)69-59(68-54)80-31-61-18-8-20-73(61)43(17-19-61)30-79-60(78)64-25-42-22-49(81-70-42)50(33(2)3)58(77)72-29-45(75)24-48(72)57(76)66-34(4)37-11-13-38(14-12-37)55-35(5)65-32-82-55/h7,9-14,21-23,26,32-34,40-41,43,45,48,50,67,74-75H,6,8,15-20,24-25,27-31H2,1-5H3,(H,64,78)(H,66,76)/t34-,40?,41?,43-,45+,48-,50-,61-/m0/s1. The van der Waals surface area contributed by atoms with E-state index < -0.39 is 30.0 Å². The second-order valence-electron chi connectivity index (χ2n) is 23.3. The summed E-state index contributed by atoms with van der Waals surface area (Å²) in [5, 5.41) is 37.4. The second kappa shape index (κ2) is 22.8. The van der Waals surface area contributed by atoms with Gasteiger partial charge in [-0.25, -0.2) is 14.2 Å². The first-order valence-electron chi connectivity index (χ1n) is 28.8. The molecule has 0 saturated carbocycles. The lowest BCUT2D eigenvalue weighted by Gasteiger charge is -2.35. The predicted molar refractivity (Wildman–Crippen MR) is 308 cm³/mol. The van der Waals surface area contributed by atoms with Gasteiger partial charge in [-0.15, -0.1) is 11.3 Å². The Labute approximate surface area is 479 Å². The zero-order chi connectivity index (χ0) is 57.0. The number of thiazole rings is 1. The number of benzene rings is 3. The number of aromatic hydroxyl groups is 1. The van der Waals surface area contributed by atoms with Crippen molar-refractivity contribution >= 4 is 56.7 Å². The third-order valence-corrected chi connectivity index (χ3v) is 18.6. The number of hydrogen-bond acceptors (Lipinski definition) is 17. The van der Waals surface area contributed by atoms with Gasteiger partial charge < -0.3 is 50.0 Å². The van der Waals surface area contributed by atoms with Crippen molar-refractivity contribution in [3.8, 4) is 33.5 Å². The highest BCUT2D eigenvalue weighted by atomic mass is 32.1. The molecule has 8 atom stereocenters. The number of aliphatic hydroxyl groups excluding tert-OH is 1.